The topological polar surface area (TPSA) is 114 Å². The summed E-state index contributed by atoms with van der Waals surface area (Å²) in [5.74, 6) is 0.191. The van der Waals surface area contributed by atoms with Gasteiger partial charge in [0, 0.05) is 12.7 Å². The van der Waals surface area contributed by atoms with Crippen LogP contribution in [0.5, 0.6) is 0 Å². The molecule has 9 nitrogen and oxygen atoms in total. The summed E-state index contributed by atoms with van der Waals surface area (Å²) in [6.07, 6.45) is 1.82. The molecular weight excluding hydrogens is 406 g/mol. The second-order valence-corrected chi connectivity index (χ2v) is 7.33. The molecule has 164 valence electrons. The number of pyridine rings is 1. The van der Waals surface area contributed by atoms with Gasteiger partial charge in [-0.05, 0) is 31.2 Å². The number of anilines is 1. The summed E-state index contributed by atoms with van der Waals surface area (Å²) in [7, 11) is 1.65. The Labute approximate surface area is 186 Å². The third kappa shape index (κ3) is 5.51. The fraction of sp³-hybridized carbons (Fsp3) is 0.261. The van der Waals surface area contributed by atoms with Crippen molar-refractivity contribution < 1.29 is 9.47 Å². The van der Waals surface area contributed by atoms with Gasteiger partial charge in [-0.15, -0.1) is 5.10 Å². The molecule has 0 saturated carbocycles. The van der Waals surface area contributed by atoms with Crippen LogP contribution in [-0.2, 0) is 22.6 Å². The van der Waals surface area contributed by atoms with E-state index in [1.807, 2.05) is 55.6 Å². The Hall–Kier alpha value is -3.69. The third-order valence-corrected chi connectivity index (χ3v) is 4.73. The summed E-state index contributed by atoms with van der Waals surface area (Å²) in [4.78, 5) is 13.3. The van der Waals surface area contributed by atoms with E-state index in [1.165, 1.54) is 0 Å². The molecule has 3 aromatic heterocycles. The first-order valence-electron chi connectivity index (χ1n) is 10.2. The molecule has 4 aromatic rings. The normalized spacial score (nSPS) is 11.1. The van der Waals surface area contributed by atoms with Crippen LogP contribution in [-0.4, -0.2) is 50.3 Å². The Morgan fingerprint density at radius 3 is 2.56 bits per heavy atom. The number of methoxy groups -OCH3 is 1. The number of aromatic nitrogens is 6. The van der Waals surface area contributed by atoms with Gasteiger partial charge in [0.05, 0.1) is 55.3 Å². The molecule has 0 atom stereocenters. The molecule has 2 N–H and O–H groups in total. The SMILES string of the molecule is COCCOCc1cccc(Cn2cc(-c3cc(-c4cccc(C)c4)nc(N)n3)nn2)n1. The maximum Gasteiger partial charge on any atom is 0.221 e. The summed E-state index contributed by atoms with van der Waals surface area (Å²) in [5.41, 5.74) is 11.8. The Bertz CT molecular complexity index is 1190. The molecule has 4 rings (SSSR count). The molecular formula is C23H25N7O2. The molecule has 0 spiro atoms. The number of benzene rings is 1. The predicted octanol–water partition coefficient (Wildman–Crippen LogP) is 2.90. The molecule has 9 heteroatoms. The average Bonchev–Trinajstić information content (AvgIpc) is 3.25. The van der Waals surface area contributed by atoms with Crippen molar-refractivity contribution in [3.05, 3.63) is 71.7 Å². The van der Waals surface area contributed by atoms with Crippen molar-refractivity contribution in [3.8, 4) is 22.6 Å². The van der Waals surface area contributed by atoms with Crippen LogP contribution in [0.2, 0.25) is 0 Å². The van der Waals surface area contributed by atoms with Crippen molar-refractivity contribution in [2.45, 2.75) is 20.1 Å². The molecule has 0 amide bonds. The van der Waals surface area contributed by atoms with E-state index in [0.29, 0.717) is 37.8 Å². The fourth-order valence-electron chi connectivity index (χ4n) is 3.23. The van der Waals surface area contributed by atoms with Gasteiger partial charge >= 0.3 is 0 Å². The molecule has 32 heavy (non-hydrogen) atoms. The largest absolute Gasteiger partial charge is 0.382 e. The van der Waals surface area contributed by atoms with E-state index in [2.05, 4.69) is 31.3 Å². The minimum Gasteiger partial charge on any atom is -0.382 e. The van der Waals surface area contributed by atoms with Crippen LogP contribution in [0.4, 0.5) is 5.95 Å². The van der Waals surface area contributed by atoms with Gasteiger partial charge in [-0.1, -0.05) is 35.0 Å². The van der Waals surface area contributed by atoms with Gasteiger partial charge in [0.1, 0.15) is 5.69 Å². The van der Waals surface area contributed by atoms with Crippen LogP contribution in [0, 0.1) is 6.92 Å². The van der Waals surface area contributed by atoms with Gasteiger partial charge in [-0.3, -0.25) is 4.98 Å². The zero-order valence-electron chi connectivity index (χ0n) is 18.1. The van der Waals surface area contributed by atoms with Gasteiger partial charge in [0.25, 0.3) is 0 Å². The molecule has 0 bridgehead atoms. The van der Waals surface area contributed by atoms with Crippen molar-refractivity contribution in [1.82, 2.24) is 29.9 Å². The molecule has 0 saturated heterocycles. The number of nitrogens with two attached hydrogens (primary N) is 1. The van der Waals surface area contributed by atoms with Gasteiger partial charge in [-0.25, -0.2) is 14.6 Å². The monoisotopic (exact) mass is 431 g/mol. The lowest BCUT2D eigenvalue weighted by molar-refractivity contribution is 0.0601. The number of nitrogens with zero attached hydrogens (tertiary/aromatic N) is 6. The average molecular weight is 432 g/mol. The van der Waals surface area contributed by atoms with Gasteiger partial charge in [-0.2, -0.15) is 0 Å². The summed E-state index contributed by atoms with van der Waals surface area (Å²) in [5, 5.41) is 8.50. The zero-order valence-corrected chi connectivity index (χ0v) is 18.1. The lowest BCUT2D eigenvalue weighted by Crippen LogP contribution is -2.06. The van der Waals surface area contributed by atoms with Crippen molar-refractivity contribution in [2.75, 3.05) is 26.1 Å². The highest BCUT2D eigenvalue weighted by Gasteiger charge is 2.11. The Balaban J connectivity index is 1.50. The van der Waals surface area contributed by atoms with Crippen LogP contribution in [0.3, 0.4) is 0 Å². The highest BCUT2D eigenvalue weighted by Crippen LogP contribution is 2.24. The predicted molar refractivity (Wildman–Crippen MR) is 121 cm³/mol. The Morgan fingerprint density at radius 2 is 1.72 bits per heavy atom. The van der Waals surface area contributed by atoms with Crippen molar-refractivity contribution in [2.24, 2.45) is 0 Å². The van der Waals surface area contributed by atoms with Gasteiger partial charge < -0.3 is 15.2 Å². The summed E-state index contributed by atoms with van der Waals surface area (Å²) >= 11 is 0. The van der Waals surface area contributed by atoms with Crippen LogP contribution in [0.25, 0.3) is 22.6 Å². The molecule has 1 aromatic carbocycles. The maximum absolute atomic E-state index is 5.97. The molecule has 0 fully saturated rings. The number of hydrogen-bond acceptors (Lipinski definition) is 8. The van der Waals surface area contributed by atoms with Crippen LogP contribution < -0.4 is 5.73 Å². The summed E-state index contributed by atoms with van der Waals surface area (Å²) in [6, 6.07) is 15.8. The second-order valence-electron chi connectivity index (χ2n) is 7.33. The molecule has 0 aliphatic heterocycles. The van der Waals surface area contributed by atoms with E-state index >= 15 is 0 Å². The van der Waals surface area contributed by atoms with Gasteiger partial charge in [0.15, 0.2) is 0 Å². The lowest BCUT2D eigenvalue weighted by atomic mass is 10.1. The lowest BCUT2D eigenvalue weighted by Gasteiger charge is -2.06. The molecule has 0 aliphatic carbocycles. The highest BCUT2D eigenvalue weighted by molar-refractivity contribution is 5.67. The smallest absolute Gasteiger partial charge is 0.221 e. The first-order chi connectivity index (χ1) is 15.6. The quantitative estimate of drug-likeness (QED) is 0.402. The van der Waals surface area contributed by atoms with Crippen molar-refractivity contribution in [3.63, 3.8) is 0 Å². The van der Waals surface area contributed by atoms with E-state index in [0.717, 1.165) is 28.2 Å². The first kappa shape index (κ1) is 21.5. The first-order valence-corrected chi connectivity index (χ1v) is 10.2. The van der Waals surface area contributed by atoms with E-state index < -0.39 is 0 Å². The number of rotatable bonds is 9. The van der Waals surface area contributed by atoms with Crippen LogP contribution in [0.15, 0.2) is 54.7 Å². The Morgan fingerprint density at radius 1 is 0.906 bits per heavy atom. The van der Waals surface area contributed by atoms with Gasteiger partial charge in [0.2, 0.25) is 5.95 Å². The maximum atomic E-state index is 5.97. The third-order valence-electron chi connectivity index (χ3n) is 4.73. The molecule has 3 heterocycles. The molecule has 0 aliphatic rings. The minimum absolute atomic E-state index is 0.191. The Kier molecular flexibility index (Phi) is 6.78. The minimum atomic E-state index is 0.191. The second kappa shape index (κ2) is 10.1. The zero-order chi connectivity index (χ0) is 22.3. The van der Waals surface area contributed by atoms with Crippen molar-refractivity contribution in [1.29, 1.82) is 0 Å². The van der Waals surface area contributed by atoms with E-state index in [9.17, 15) is 0 Å². The number of hydrogen-bond donors (Lipinski definition) is 1. The molecule has 0 radical (unpaired) electrons. The number of ether oxygens (including phenoxy) is 2. The number of aryl methyl sites for hydroxylation is 1. The van der Waals surface area contributed by atoms with E-state index in [4.69, 9.17) is 15.2 Å². The summed E-state index contributed by atoms with van der Waals surface area (Å²) < 4.78 is 12.3. The highest BCUT2D eigenvalue weighted by atomic mass is 16.5. The standard InChI is InChI=1S/C23H25N7O2/c1-16-5-3-6-17(11-16)20-12-21(27-23(24)26-20)22-14-30(29-28-22)13-18-7-4-8-19(25-18)15-32-10-9-31-2/h3-8,11-12,14H,9-10,13,15H2,1-2H3,(H2,24,26,27). The molecule has 0 unspecified atom stereocenters. The summed E-state index contributed by atoms with van der Waals surface area (Å²) in [6.45, 7) is 4.03. The van der Waals surface area contributed by atoms with E-state index in [1.54, 1.807) is 11.8 Å². The number of nitrogen functional groups attached to an aromatic ring is 1. The van der Waals surface area contributed by atoms with E-state index in [-0.39, 0.29) is 5.95 Å². The van der Waals surface area contributed by atoms with Crippen LogP contribution in [0.1, 0.15) is 17.0 Å². The fourth-order valence-corrected chi connectivity index (χ4v) is 3.23. The van der Waals surface area contributed by atoms with Crippen LogP contribution >= 0.6 is 0 Å². The van der Waals surface area contributed by atoms with Crippen molar-refractivity contribution >= 4 is 5.95 Å².